The molecular formula is C23H24N4O6S. The zero-order chi connectivity index (χ0) is 24.8. The second-order valence-electron chi connectivity index (χ2n) is 7.05. The van der Waals surface area contributed by atoms with Gasteiger partial charge in [0.05, 0.1) is 38.1 Å². The van der Waals surface area contributed by atoms with Crippen molar-refractivity contribution in [2.45, 2.75) is 24.9 Å². The van der Waals surface area contributed by atoms with E-state index in [1.165, 1.54) is 20.3 Å². The predicted octanol–water partition coefficient (Wildman–Crippen LogP) is 2.51. The maximum atomic E-state index is 13.1. The van der Waals surface area contributed by atoms with E-state index in [9.17, 15) is 14.9 Å². The van der Waals surface area contributed by atoms with Crippen LogP contribution in [0.1, 0.15) is 24.1 Å². The summed E-state index contributed by atoms with van der Waals surface area (Å²) in [5.41, 5.74) is 6.97. The van der Waals surface area contributed by atoms with Gasteiger partial charge in [-0.1, -0.05) is 23.9 Å². The number of carbonyl (C=O) groups is 1. The Bertz CT molecular complexity index is 1260. The van der Waals surface area contributed by atoms with Gasteiger partial charge in [0.1, 0.15) is 17.4 Å². The molecule has 1 aliphatic rings. The molecule has 178 valence electrons. The molecule has 3 N–H and O–H groups in total. The number of aryl methyl sites for hydroxylation is 1. The van der Waals surface area contributed by atoms with Crippen molar-refractivity contribution in [1.29, 1.82) is 5.26 Å². The lowest BCUT2D eigenvalue weighted by molar-refractivity contribution is -0.139. The number of hydrogen-bond donors (Lipinski definition) is 2. The second-order valence-corrected chi connectivity index (χ2v) is 8.01. The molecule has 1 aliphatic heterocycles. The number of aromatic nitrogens is 2. The number of H-pyrrole nitrogens is 1. The lowest BCUT2D eigenvalue weighted by Crippen LogP contribution is -2.27. The van der Waals surface area contributed by atoms with Crippen LogP contribution in [-0.4, -0.2) is 42.5 Å². The number of ether oxygens (including phenoxy) is 4. The molecule has 0 spiro atoms. The number of nitrogens with zero attached hydrogens (tertiary/aromatic N) is 2. The molecule has 1 aromatic carbocycles. The first-order chi connectivity index (χ1) is 16.3. The average Bonchev–Trinajstić information content (AvgIpc) is 2.81. The van der Waals surface area contributed by atoms with Crippen LogP contribution in [0.4, 0.5) is 0 Å². The fraction of sp³-hybridized carbons (Fsp3) is 0.304. The highest BCUT2D eigenvalue weighted by atomic mass is 32.2. The number of nitriles is 1. The molecule has 1 atom stereocenters. The van der Waals surface area contributed by atoms with Gasteiger partial charge in [0.25, 0.3) is 5.56 Å². The number of rotatable bonds is 8. The van der Waals surface area contributed by atoms with E-state index in [1.807, 2.05) is 0 Å². The van der Waals surface area contributed by atoms with Gasteiger partial charge in [-0.15, -0.1) is 0 Å². The maximum absolute atomic E-state index is 13.1. The molecule has 0 radical (unpaired) electrons. The van der Waals surface area contributed by atoms with Gasteiger partial charge in [-0.3, -0.25) is 4.79 Å². The highest BCUT2D eigenvalue weighted by molar-refractivity contribution is 7.99. The minimum absolute atomic E-state index is 0.0328. The van der Waals surface area contributed by atoms with Gasteiger partial charge in [0.15, 0.2) is 16.7 Å². The van der Waals surface area contributed by atoms with E-state index >= 15 is 0 Å². The Balaban J connectivity index is 2.18. The van der Waals surface area contributed by atoms with Crippen LogP contribution in [0.3, 0.4) is 0 Å². The van der Waals surface area contributed by atoms with Crippen LogP contribution < -0.4 is 20.8 Å². The first-order valence-corrected chi connectivity index (χ1v) is 11.2. The Kier molecular flexibility index (Phi) is 7.86. The number of carbonyl (C=O) groups excluding carboxylic acids is 1. The molecule has 0 bridgehead atoms. The summed E-state index contributed by atoms with van der Waals surface area (Å²) in [5, 5.41) is 10.2. The third kappa shape index (κ3) is 5.02. The van der Waals surface area contributed by atoms with E-state index in [0.29, 0.717) is 27.9 Å². The molecule has 3 rings (SSSR count). The van der Waals surface area contributed by atoms with Gasteiger partial charge in [-0.05, 0) is 19.9 Å². The fourth-order valence-electron chi connectivity index (χ4n) is 3.56. The minimum atomic E-state index is -0.928. The maximum Gasteiger partial charge on any atom is 0.338 e. The van der Waals surface area contributed by atoms with Crippen molar-refractivity contribution in [1.82, 2.24) is 9.97 Å². The molecule has 0 fully saturated rings. The number of thioether (sulfide) groups is 1. The number of nitrogens with two attached hydrogens (primary N) is 1. The molecule has 0 aliphatic carbocycles. The van der Waals surface area contributed by atoms with E-state index in [1.54, 1.807) is 32.0 Å². The quantitative estimate of drug-likeness (QED) is 0.325. The monoisotopic (exact) mass is 484 g/mol. The molecule has 11 heteroatoms. The van der Waals surface area contributed by atoms with Crippen molar-refractivity contribution in [2.24, 2.45) is 5.73 Å². The summed E-state index contributed by atoms with van der Waals surface area (Å²) in [4.78, 5) is 31.9. The van der Waals surface area contributed by atoms with Gasteiger partial charge in [-0.25, -0.2) is 9.78 Å². The number of nitrogens with one attached hydrogen (secondary N) is 1. The number of para-hydroxylation sites is 1. The Labute approximate surface area is 200 Å². The number of hydrogen-bond acceptors (Lipinski definition) is 10. The first kappa shape index (κ1) is 24.7. The van der Waals surface area contributed by atoms with Crippen molar-refractivity contribution in [3.8, 4) is 17.6 Å². The van der Waals surface area contributed by atoms with Crippen molar-refractivity contribution >= 4 is 17.7 Å². The average molecular weight is 485 g/mol. The molecule has 0 saturated carbocycles. The standard InChI is InChI=1S/C23H24N4O6S/c1-5-32-22(29)19-16(11-34-23-26-12(2)9-17(28)27-23)33-21(25)14(10-24)18(19)13-7-6-8-15(30-3)20(13)31-4/h6-9,18H,5,11,25H2,1-4H3,(H,26,27,28)/t18-/m1/s1. The molecule has 0 saturated heterocycles. The van der Waals surface area contributed by atoms with Crippen LogP contribution in [0.2, 0.25) is 0 Å². The molecule has 1 aromatic heterocycles. The van der Waals surface area contributed by atoms with Crippen molar-refractivity contribution in [3.63, 3.8) is 0 Å². The van der Waals surface area contributed by atoms with Gasteiger partial charge >= 0.3 is 5.97 Å². The zero-order valence-electron chi connectivity index (χ0n) is 19.1. The molecule has 0 amide bonds. The molecule has 10 nitrogen and oxygen atoms in total. The number of esters is 1. The molecule has 0 unspecified atom stereocenters. The van der Waals surface area contributed by atoms with Gasteiger partial charge in [-0.2, -0.15) is 5.26 Å². The van der Waals surface area contributed by atoms with Crippen molar-refractivity contribution < 1.29 is 23.7 Å². The second kappa shape index (κ2) is 10.8. The highest BCUT2D eigenvalue weighted by Crippen LogP contribution is 2.46. The van der Waals surface area contributed by atoms with E-state index in [0.717, 1.165) is 11.8 Å². The summed E-state index contributed by atoms with van der Waals surface area (Å²) < 4.78 is 22.0. The van der Waals surface area contributed by atoms with E-state index in [-0.39, 0.29) is 40.7 Å². The first-order valence-electron chi connectivity index (χ1n) is 10.2. The van der Waals surface area contributed by atoms with Crippen LogP contribution in [0.25, 0.3) is 0 Å². The van der Waals surface area contributed by atoms with E-state index in [4.69, 9.17) is 24.7 Å². The molecule has 2 heterocycles. The number of aromatic amines is 1. The fourth-order valence-corrected chi connectivity index (χ4v) is 4.43. The van der Waals surface area contributed by atoms with E-state index < -0.39 is 11.9 Å². The lowest BCUT2D eigenvalue weighted by atomic mass is 9.82. The van der Waals surface area contributed by atoms with Gasteiger partial charge in [0, 0.05) is 17.3 Å². The summed E-state index contributed by atoms with van der Waals surface area (Å²) in [7, 11) is 2.95. The van der Waals surface area contributed by atoms with Crippen molar-refractivity contribution in [3.05, 3.63) is 68.7 Å². The van der Waals surface area contributed by atoms with Crippen LogP contribution in [0, 0.1) is 18.3 Å². The largest absolute Gasteiger partial charge is 0.493 e. The summed E-state index contributed by atoms with van der Waals surface area (Å²) >= 11 is 1.15. The normalized spacial score (nSPS) is 15.4. The highest BCUT2D eigenvalue weighted by Gasteiger charge is 2.39. The number of methoxy groups -OCH3 is 2. The Morgan fingerprint density at radius 3 is 2.74 bits per heavy atom. The van der Waals surface area contributed by atoms with Gasteiger partial charge < -0.3 is 29.7 Å². The van der Waals surface area contributed by atoms with Crippen molar-refractivity contribution in [2.75, 3.05) is 26.6 Å². The van der Waals surface area contributed by atoms with Crippen LogP contribution in [0.5, 0.6) is 11.5 Å². The predicted molar refractivity (Wildman–Crippen MR) is 124 cm³/mol. The number of benzene rings is 1. The zero-order valence-corrected chi connectivity index (χ0v) is 19.9. The SMILES string of the molecule is CCOC(=O)C1=C(CSc2nc(C)cc(=O)[nH]2)OC(N)=C(C#N)[C@H]1c1cccc(OC)c1OC. The van der Waals surface area contributed by atoms with Crippen LogP contribution in [0.15, 0.2) is 57.0 Å². The third-order valence-corrected chi connectivity index (χ3v) is 5.80. The minimum Gasteiger partial charge on any atom is -0.493 e. The van der Waals surface area contributed by atoms with E-state index in [2.05, 4.69) is 16.0 Å². The Morgan fingerprint density at radius 1 is 1.35 bits per heavy atom. The summed E-state index contributed by atoms with van der Waals surface area (Å²) in [5.74, 6) is -0.713. The molecule has 2 aromatic rings. The number of allylic oxidation sites excluding steroid dienone is 1. The summed E-state index contributed by atoms with van der Waals surface area (Å²) in [6.07, 6.45) is 0. The topological polar surface area (TPSA) is 150 Å². The summed E-state index contributed by atoms with van der Waals surface area (Å²) in [6.45, 7) is 3.48. The Morgan fingerprint density at radius 2 is 2.12 bits per heavy atom. The third-order valence-electron chi connectivity index (χ3n) is 4.92. The lowest BCUT2D eigenvalue weighted by Gasteiger charge is -2.29. The smallest absolute Gasteiger partial charge is 0.338 e. The Hall–Kier alpha value is -3.91. The molecule has 34 heavy (non-hydrogen) atoms. The van der Waals surface area contributed by atoms with Crippen LogP contribution >= 0.6 is 11.8 Å². The summed E-state index contributed by atoms with van der Waals surface area (Å²) in [6, 6.07) is 8.55. The van der Waals surface area contributed by atoms with Gasteiger partial charge in [0.2, 0.25) is 5.88 Å². The molecular weight excluding hydrogens is 460 g/mol. The van der Waals surface area contributed by atoms with Crippen LogP contribution in [-0.2, 0) is 14.3 Å².